The number of nitrogens with one attached hydrogen (secondary N) is 1. The van der Waals surface area contributed by atoms with Crippen LogP contribution in [-0.4, -0.2) is 19.6 Å². The van der Waals surface area contributed by atoms with Gasteiger partial charge in [-0.2, -0.15) is 0 Å². The fourth-order valence-electron chi connectivity index (χ4n) is 4.80. The van der Waals surface area contributed by atoms with Crippen molar-refractivity contribution in [2.24, 2.45) is 0 Å². The molecule has 6 rings (SSSR count). The van der Waals surface area contributed by atoms with E-state index in [1.54, 1.807) is 0 Å². The van der Waals surface area contributed by atoms with Gasteiger partial charge in [0.05, 0.1) is 11.7 Å². The van der Waals surface area contributed by atoms with Crippen molar-refractivity contribution in [3.8, 4) is 17.3 Å². The minimum Gasteiger partial charge on any atom is -0.457 e. The van der Waals surface area contributed by atoms with E-state index in [1.807, 2.05) is 104 Å². The van der Waals surface area contributed by atoms with Gasteiger partial charge in [0.1, 0.15) is 23.4 Å². The molecule has 6 nitrogen and oxygen atoms in total. The van der Waals surface area contributed by atoms with Gasteiger partial charge in [0.2, 0.25) is 0 Å². The Labute approximate surface area is 227 Å². The molecule has 2 atom stereocenters. The molecule has 0 amide bonds. The van der Waals surface area contributed by atoms with E-state index < -0.39 is 0 Å². The molecule has 0 radical (unpaired) electrons. The highest BCUT2D eigenvalue weighted by molar-refractivity contribution is 7.80. The zero-order valence-corrected chi connectivity index (χ0v) is 22.0. The van der Waals surface area contributed by atoms with Crippen LogP contribution in [0.1, 0.15) is 34.6 Å². The van der Waals surface area contributed by atoms with E-state index in [4.69, 9.17) is 17.0 Å². The number of hydrogen-bond acceptors (Lipinski definition) is 4. The lowest BCUT2D eigenvalue weighted by Gasteiger charge is -2.29. The van der Waals surface area contributed by atoms with Crippen LogP contribution >= 0.6 is 12.2 Å². The second-order valence-corrected chi connectivity index (χ2v) is 9.79. The molecule has 5 aromatic rings. The number of pyridine rings is 2. The van der Waals surface area contributed by atoms with E-state index in [2.05, 4.69) is 43.8 Å². The molecule has 1 fully saturated rings. The first-order valence-electron chi connectivity index (χ1n) is 12.5. The summed E-state index contributed by atoms with van der Waals surface area (Å²) in [5.41, 5.74) is 5.26. The molecule has 0 saturated carbocycles. The molecule has 0 unspecified atom stereocenters. The lowest BCUT2D eigenvalue weighted by atomic mass is 10.0. The quantitative estimate of drug-likeness (QED) is 0.249. The van der Waals surface area contributed by atoms with E-state index >= 15 is 0 Å². The molecule has 188 valence electrons. The number of thiocarbonyl (C=S) groups is 1. The minimum absolute atomic E-state index is 0.147. The first-order valence-corrected chi connectivity index (χ1v) is 12.9. The van der Waals surface area contributed by atoms with E-state index in [0.717, 1.165) is 40.0 Å². The summed E-state index contributed by atoms with van der Waals surface area (Å²) in [4.78, 5) is 11.5. The highest BCUT2D eigenvalue weighted by Gasteiger charge is 2.42. The molecule has 1 saturated heterocycles. The third-order valence-corrected chi connectivity index (χ3v) is 7.01. The predicted octanol–water partition coefficient (Wildman–Crippen LogP) is 6.85. The number of hydrogen-bond donors (Lipinski definition) is 1. The van der Waals surface area contributed by atoms with Gasteiger partial charge in [0.15, 0.2) is 5.11 Å². The van der Waals surface area contributed by atoms with Crippen LogP contribution in [-0.2, 0) is 0 Å². The van der Waals surface area contributed by atoms with Gasteiger partial charge in [-0.25, -0.2) is 4.98 Å². The Kier molecular flexibility index (Phi) is 6.35. The monoisotopic (exact) mass is 517 g/mol. The van der Waals surface area contributed by atoms with Gasteiger partial charge in [-0.15, -0.1) is 0 Å². The highest BCUT2D eigenvalue weighted by atomic mass is 32.1. The van der Waals surface area contributed by atoms with E-state index in [1.165, 1.54) is 5.56 Å². The zero-order chi connectivity index (χ0) is 26.1. The van der Waals surface area contributed by atoms with Crippen LogP contribution < -0.4 is 15.0 Å². The van der Waals surface area contributed by atoms with Crippen LogP contribution in [0.2, 0.25) is 0 Å². The van der Waals surface area contributed by atoms with Crippen molar-refractivity contribution in [2.75, 3.05) is 4.90 Å². The number of ether oxygens (including phenoxy) is 1. The third kappa shape index (κ3) is 4.64. The summed E-state index contributed by atoms with van der Waals surface area (Å²) in [6.45, 7) is 4.10. The van der Waals surface area contributed by atoms with Gasteiger partial charge in [0, 0.05) is 30.0 Å². The van der Waals surface area contributed by atoms with Crippen molar-refractivity contribution in [1.82, 2.24) is 19.9 Å². The molecular weight excluding hydrogens is 490 g/mol. The lowest BCUT2D eigenvalue weighted by molar-refractivity contribution is 0.482. The van der Waals surface area contributed by atoms with Crippen molar-refractivity contribution in [3.63, 3.8) is 0 Å². The number of rotatable bonds is 6. The molecule has 38 heavy (non-hydrogen) atoms. The zero-order valence-electron chi connectivity index (χ0n) is 21.2. The minimum atomic E-state index is -0.153. The van der Waals surface area contributed by atoms with Crippen molar-refractivity contribution >= 4 is 23.0 Å². The number of aromatic nitrogens is 3. The van der Waals surface area contributed by atoms with E-state index in [0.29, 0.717) is 5.11 Å². The topological polar surface area (TPSA) is 55.2 Å². The van der Waals surface area contributed by atoms with Crippen molar-refractivity contribution < 1.29 is 4.74 Å². The second kappa shape index (κ2) is 10.1. The average molecular weight is 518 g/mol. The highest BCUT2D eigenvalue weighted by Crippen LogP contribution is 2.42. The summed E-state index contributed by atoms with van der Waals surface area (Å²) < 4.78 is 8.19. The van der Waals surface area contributed by atoms with Crippen LogP contribution in [0.3, 0.4) is 0 Å². The average Bonchev–Trinajstić information content (AvgIpc) is 3.56. The Morgan fingerprint density at radius 1 is 0.789 bits per heavy atom. The molecule has 3 aromatic heterocycles. The molecule has 1 aliphatic heterocycles. The van der Waals surface area contributed by atoms with Gasteiger partial charge in [0.25, 0.3) is 0 Å². The Hall–Kier alpha value is -4.49. The molecule has 1 N–H and O–H groups in total. The predicted molar refractivity (Wildman–Crippen MR) is 154 cm³/mol. The SMILES string of the molecule is Cc1ccc(Oc2ccc(N3C(=S)N[C@H](c4ccccn4)[C@H]3c3cccn3-c3ccc(C)cn3)cc2)cc1. The van der Waals surface area contributed by atoms with E-state index in [-0.39, 0.29) is 12.1 Å². The maximum atomic E-state index is 6.06. The normalized spacial score (nSPS) is 16.9. The van der Waals surface area contributed by atoms with Gasteiger partial charge in [-0.1, -0.05) is 29.8 Å². The lowest BCUT2D eigenvalue weighted by Crippen LogP contribution is -2.30. The van der Waals surface area contributed by atoms with Crippen LogP contribution in [0.4, 0.5) is 5.69 Å². The van der Waals surface area contributed by atoms with Crippen molar-refractivity contribution in [1.29, 1.82) is 0 Å². The molecule has 1 aliphatic rings. The van der Waals surface area contributed by atoms with Crippen molar-refractivity contribution in [3.05, 3.63) is 132 Å². The number of aryl methyl sites for hydroxylation is 2. The van der Waals surface area contributed by atoms with Crippen LogP contribution in [0.25, 0.3) is 5.82 Å². The summed E-state index contributed by atoms with van der Waals surface area (Å²) >= 11 is 5.91. The number of benzene rings is 2. The smallest absolute Gasteiger partial charge is 0.174 e. The Balaban J connectivity index is 1.38. The van der Waals surface area contributed by atoms with Gasteiger partial charge in [-0.3, -0.25) is 4.98 Å². The summed E-state index contributed by atoms with van der Waals surface area (Å²) in [5.74, 6) is 2.42. The van der Waals surface area contributed by atoms with E-state index in [9.17, 15) is 0 Å². The summed E-state index contributed by atoms with van der Waals surface area (Å²) in [6.07, 6.45) is 5.75. The Morgan fingerprint density at radius 3 is 2.21 bits per heavy atom. The largest absolute Gasteiger partial charge is 0.457 e. The molecule has 7 heteroatoms. The third-order valence-electron chi connectivity index (χ3n) is 6.70. The van der Waals surface area contributed by atoms with Crippen LogP contribution in [0, 0.1) is 13.8 Å². The second-order valence-electron chi connectivity index (χ2n) is 9.40. The fourth-order valence-corrected chi connectivity index (χ4v) is 5.14. The van der Waals surface area contributed by atoms with Gasteiger partial charge in [-0.05, 0) is 98.4 Å². The molecule has 2 aromatic carbocycles. The van der Waals surface area contributed by atoms with Crippen LogP contribution in [0.5, 0.6) is 11.5 Å². The molecular formula is C31H27N5OS. The maximum Gasteiger partial charge on any atom is 0.174 e. The first-order chi connectivity index (χ1) is 18.6. The Morgan fingerprint density at radius 2 is 1.53 bits per heavy atom. The fraction of sp³-hybridized carbons (Fsp3) is 0.129. The van der Waals surface area contributed by atoms with Gasteiger partial charge < -0.3 is 19.5 Å². The standard InChI is InChI=1S/C31H27N5OS/c1-21-8-13-24(14-9-21)37-25-15-11-23(12-16-25)36-30(29(34-31(36)38)26-6-3-4-18-32-26)27-7-5-19-35(27)28-17-10-22(2)20-33-28/h3-20,29-30H,1-2H3,(H,34,38)/t29-,30-/m1/s1. The van der Waals surface area contributed by atoms with Crippen molar-refractivity contribution in [2.45, 2.75) is 25.9 Å². The molecule has 0 bridgehead atoms. The number of anilines is 1. The van der Waals surface area contributed by atoms with Gasteiger partial charge >= 0.3 is 0 Å². The summed E-state index contributed by atoms with van der Waals surface area (Å²) in [6, 6.07) is 30.0. The van der Waals surface area contributed by atoms with Crippen LogP contribution in [0.15, 0.2) is 110 Å². The first kappa shape index (κ1) is 23.9. The maximum absolute atomic E-state index is 6.06. The summed E-state index contributed by atoms with van der Waals surface area (Å²) in [7, 11) is 0. The number of nitrogens with zero attached hydrogens (tertiary/aromatic N) is 4. The molecule has 0 aliphatic carbocycles. The molecule has 0 spiro atoms. The Bertz CT molecular complexity index is 1550. The summed E-state index contributed by atoms with van der Waals surface area (Å²) in [5, 5.41) is 4.18. The molecule has 4 heterocycles.